The van der Waals surface area contributed by atoms with E-state index in [4.69, 9.17) is 4.74 Å². The Labute approximate surface area is 103 Å². The minimum absolute atomic E-state index is 0.251. The zero-order valence-corrected chi connectivity index (χ0v) is 10.2. The fourth-order valence-electron chi connectivity index (χ4n) is 1.99. The zero-order chi connectivity index (χ0) is 13.3. The Hall–Kier alpha value is -1.65. The van der Waals surface area contributed by atoms with Crippen molar-refractivity contribution in [2.45, 2.75) is 19.5 Å². The molecule has 1 aromatic carbocycles. The fourth-order valence-corrected chi connectivity index (χ4v) is 1.99. The molecule has 0 fully saturated rings. The number of nitrogens with zero attached hydrogens (tertiary/aromatic N) is 1. The van der Waals surface area contributed by atoms with Crippen molar-refractivity contribution in [1.29, 1.82) is 0 Å². The van der Waals surface area contributed by atoms with E-state index in [1.165, 1.54) is 0 Å². The van der Waals surface area contributed by atoms with Crippen LogP contribution >= 0.6 is 0 Å². The highest BCUT2D eigenvalue weighted by molar-refractivity contribution is 5.85. The Morgan fingerprint density at radius 3 is 2.61 bits per heavy atom. The first-order valence-electron chi connectivity index (χ1n) is 5.68. The molecule has 18 heavy (non-hydrogen) atoms. The summed E-state index contributed by atoms with van der Waals surface area (Å²) in [6.07, 6.45) is -1.49. The molecule has 0 saturated heterocycles. The summed E-state index contributed by atoms with van der Waals surface area (Å²) in [5.74, 6) is 0.251. The first-order chi connectivity index (χ1) is 8.40. The third-order valence-corrected chi connectivity index (χ3v) is 2.83. The van der Waals surface area contributed by atoms with Gasteiger partial charge in [0.25, 0.3) is 0 Å². The van der Waals surface area contributed by atoms with Gasteiger partial charge in [0.05, 0.1) is 0 Å². The Morgan fingerprint density at radius 1 is 1.28 bits per heavy atom. The number of fused-ring (bicyclic) bond motifs is 1. The van der Waals surface area contributed by atoms with Crippen LogP contribution in [0.15, 0.2) is 24.4 Å². The van der Waals surface area contributed by atoms with E-state index in [2.05, 4.69) is 0 Å². The lowest BCUT2D eigenvalue weighted by Gasteiger charge is -2.09. The molecule has 0 aliphatic rings. The van der Waals surface area contributed by atoms with Gasteiger partial charge in [-0.3, -0.25) is 0 Å². The van der Waals surface area contributed by atoms with E-state index >= 15 is 0 Å². The SMILES string of the molecule is CCc1cn(C)c2ccc(OCC(F)(F)F)cc12. The van der Waals surface area contributed by atoms with Crippen LogP contribution in [0.25, 0.3) is 10.9 Å². The molecule has 0 radical (unpaired) electrons. The fraction of sp³-hybridized carbons (Fsp3) is 0.385. The van der Waals surface area contributed by atoms with Gasteiger partial charge in [-0.2, -0.15) is 13.2 Å². The van der Waals surface area contributed by atoms with Crippen LogP contribution in [0.3, 0.4) is 0 Å². The number of rotatable bonds is 3. The number of alkyl halides is 3. The second kappa shape index (κ2) is 4.55. The molecule has 0 amide bonds. The molecule has 0 spiro atoms. The van der Waals surface area contributed by atoms with Crippen LogP contribution in [0.4, 0.5) is 13.2 Å². The van der Waals surface area contributed by atoms with Crippen LogP contribution in [-0.4, -0.2) is 17.4 Å². The normalized spacial score (nSPS) is 12.1. The second-order valence-corrected chi connectivity index (χ2v) is 4.20. The Balaban J connectivity index is 2.31. The first-order valence-corrected chi connectivity index (χ1v) is 5.68. The summed E-state index contributed by atoms with van der Waals surface area (Å²) in [7, 11) is 1.91. The van der Waals surface area contributed by atoms with E-state index in [9.17, 15) is 13.2 Å². The molecule has 2 nitrogen and oxygen atoms in total. The van der Waals surface area contributed by atoms with E-state index in [1.54, 1.807) is 18.2 Å². The van der Waals surface area contributed by atoms with Crippen LogP contribution in [-0.2, 0) is 13.5 Å². The number of benzene rings is 1. The summed E-state index contributed by atoms with van der Waals surface area (Å²) in [6.45, 7) is 0.755. The van der Waals surface area contributed by atoms with Gasteiger partial charge in [-0.25, -0.2) is 0 Å². The van der Waals surface area contributed by atoms with Crippen LogP contribution in [0.2, 0.25) is 0 Å². The van der Waals surface area contributed by atoms with Crippen molar-refractivity contribution in [3.63, 3.8) is 0 Å². The van der Waals surface area contributed by atoms with Crippen molar-refractivity contribution in [1.82, 2.24) is 4.57 Å². The molecule has 0 atom stereocenters. The van der Waals surface area contributed by atoms with Crippen molar-refractivity contribution in [3.8, 4) is 5.75 Å². The maximum atomic E-state index is 12.1. The Bertz CT molecular complexity index is 557. The molecule has 1 aromatic heterocycles. The molecular formula is C13H14F3NO. The number of aryl methyl sites for hydroxylation is 2. The number of ether oxygens (including phenoxy) is 1. The van der Waals surface area contributed by atoms with Crippen LogP contribution in [0, 0.1) is 0 Å². The van der Waals surface area contributed by atoms with Crippen LogP contribution < -0.4 is 4.74 Å². The van der Waals surface area contributed by atoms with Gasteiger partial charge in [-0.1, -0.05) is 6.92 Å². The summed E-state index contributed by atoms with van der Waals surface area (Å²) in [4.78, 5) is 0. The number of hydrogen-bond donors (Lipinski definition) is 0. The van der Waals surface area contributed by atoms with E-state index in [-0.39, 0.29) is 5.75 Å². The quantitative estimate of drug-likeness (QED) is 0.818. The highest BCUT2D eigenvalue weighted by Crippen LogP contribution is 2.27. The molecule has 0 N–H and O–H groups in total. The van der Waals surface area contributed by atoms with E-state index in [0.717, 1.165) is 22.9 Å². The standard InChI is InChI=1S/C13H14F3NO/c1-3-9-7-17(2)12-5-4-10(6-11(9)12)18-8-13(14,15)16/h4-7H,3,8H2,1-2H3. The molecular weight excluding hydrogens is 243 g/mol. The van der Waals surface area contributed by atoms with Gasteiger partial charge in [-0.15, -0.1) is 0 Å². The van der Waals surface area contributed by atoms with Gasteiger partial charge in [0, 0.05) is 24.1 Å². The summed E-state index contributed by atoms with van der Waals surface area (Å²) >= 11 is 0. The predicted molar refractivity (Wildman–Crippen MR) is 63.8 cm³/mol. The van der Waals surface area contributed by atoms with Crippen molar-refractivity contribution >= 4 is 10.9 Å². The zero-order valence-electron chi connectivity index (χ0n) is 10.2. The Kier molecular flexibility index (Phi) is 3.24. The third kappa shape index (κ3) is 2.60. The van der Waals surface area contributed by atoms with Gasteiger partial charge >= 0.3 is 6.18 Å². The minimum Gasteiger partial charge on any atom is -0.484 e. The summed E-state index contributed by atoms with van der Waals surface area (Å²) < 4.78 is 42.9. The molecule has 2 rings (SSSR count). The molecule has 0 bridgehead atoms. The maximum absolute atomic E-state index is 12.1. The lowest BCUT2D eigenvalue weighted by atomic mass is 10.1. The lowest BCUT2D eigenvalue weighted by molar-refractivity contribution is -0.153. The monoisotopic (exact) mass is 257 g/mol. The molecule has 0 saturated carbocycles. The molecule has 0 aliphatic heterocycles. The number of hydrogen-bond acceptors (Lipinski definition) is 1. The highest BCUT2D eigenvalue weighted by Gasteiger charge is 2.28. The second-order valence-electron chi connectivity index (χ2n) is 4.20. The summed E-state index contributed by atoms with van der Waals surface area (Å²) in [5.41, 5.74) is 2.09. The summed E-state index contributed by atoms with van der Waals surface area (Å²) in [5, 5.41) is 0.944. The smallest absolute Gasteiger partial charge is 0.422 e. The molecule has 1 heterocycles. The average Bonchev–Trinajstić information content (AvgIpc) is 2.62. The van der Waals surface area contributed by atoms with Crippen LogP contribution in [0.1, 0.15) is 12.5 Å². The average molecular weight is 257 g/mol. The van der Waals surface area contributed by atoms with Gasteiger partial charge in [-0.05, 0) is 30.2 Å². The maximum Gasteiger partial charge on any atom is 0.422 e. The molecule has 0 unspecified atom stereocenters. The molecule has 5 heteroatoms. The number of aromatic nitrogens is 1. The molecule has 0 aliphatic carbocycles. The van der Waals surface area contributed by atoms with Crippen molar-refractivity contribution in [2.75, 3.05) is 6.61 Å². The highest BCUT2D eigenvalue weighted by atomic mass is 19.4. The number of halogens is 3. The molecule has 98 valence electrons. The van der Waals surface area contributed by atoms with Gasteiger partial charge in [0.2, 0.25) is 0 Å². The van der Waals surface area contributed by atoms with Gasteiger partial charge < -0.3 is 9.30 Å². The van der Waals surface area contributed by atoms with Gasteiger partial charge in [0.1, 0.15) is 5.75 Å². The topological polar surface area (TPSA) is 14.2 Å². The predicted octanol–water partition coefficient (Wildman–Crippen LogP) is 3.68. The van der Waals surface area contributed by atoms with Gasteiger partial charge in [0.15, 0.2) is 6.61 Å². The van der Waals surface area contributed by atoms with Crippen LogP contribution in [0.5, 0.6) is 5.75 Å². The Morgan fingerprint density at radius 2 is 2.00 bits per heavy atom. The van der Waals surface area contributed by atoms with E-state index in [0.29, 0.717) is 0 Å². The first kappa shape index (κ1) is 12.8. The van der Waals surface area contributed by atoms with Crippen molar-refractivity contribution in [3.05, 3.63) is 30.0 Å². The van der Waals surface area contributed by atoms with E-state index in [1.807, 2.05) is 24.7 Å². The van der Waals surface area contributed by atoms with E-state index < -0.39 is 12.8 Å². The van der Waals surface area contributed by atoms with Crippen molar-refractivity contribution < 1.29 is 17.9 Å². The lowest BCUT2D eigenvalue weighted by Crippen LogP contribution is -2.19. The molecule has 2 aromatic rings. The summed E-state index contributed by atoms with van der Waals surface area (Å²) in [6, 6.07) is 5.01. The largest absolute Gasteiger partial charge is 0.484 e. The minimum atomic E-state index is -4.31. The third-order valence-electron chi connectivity index (χ3n) is 2.83. The van der Waals surface area contributed by atoms with Crippen molar-refractivity contribution in [2.24, 2.45) is 7.05 Å².